The van der Waals surface area contributed by atoms with Gasteiger partial charge in [-0.25, -0.2) is 0 Å². The van der Waals surface area contributed by atoms with Gasteiger partial charge < -0.3 is 4.42 Å². The molecule has 0 saturated heterocycles. The molecule has 4 rings (SSSR count). The molecule has 25 heavy (non-hydrogen) atoms. The van der Waals surface area contributed by atoms with Crippen LogP contribution < -0.4 is 0 Å². The molecule has 0 atom stereocenters. The molecule has 120 valence electrons. The van der Waals surface area contributed by atoms with Crippen molar-refractivity contribution in [3.8, 4) is 34.0 Å². The monoisotopic (exact) mass is 324 g/mol. The van der Waals surface area contributed by atoms with E-state index in [9.17, 15) is 0 Å². The number of benzene rings is 3. The van der Waals surface area contributed by atoms with Gasteiger partial charge in [-0.3, -0.25) is 0 Å². The van der Waals surface area contributed by atoms with Crippen LogP contribution in [-0.4, -0.2) is 10.2 Å². The summed E-state index contributed by atoms with van der Waals surface area (Å²) in [5.41, 5.74) is 5.19. The van der Waals surface area contributed by atoms with Crippen molar-refractivity contribution in [1.82, 2.24) is 10.2 Å². The van der Waals surface area contributed by atoms with E-state index in [4.69, 9.17) is 4.42 Å². The van der Waals surface area contributed by atoms with Crippen molar-refractivity contribution in [1.29, 1.82) is 0 Å². The van der Waals surface area contributed by atoms with Crippen molar-refractivity contribution in [2.24, 2.45) is 0 Å². The molecule has 0 unspecified atom stereocenters. The molecular formula is C22H16N2O. The van der Waals surface area contributed by atoms with E-state index in [1.807, 2.05) is 54.6 Å². The maximum atomic E-state index is 5.83. The first kappa shape index (κ1) is 15.1. The highest BCUT2D eigenvalue weighted by Gasteiger charge is 2.10. The molecule has 0 aliphatic rings. The SMILES string of the molecule is C=Cc1ccc(-c2nnc(-c3ccc(-c4ccccc4)cc3)o2)cc1. The maximum absolute atomic E-state index is 5.83. The summed E-state index contributed by atoms with van der Waals surface area (Å²) in [7, 11) is 0. The number of hydrogen-bond donors (Lipinski definition) is 0. The van der Waals surface area contributed by atoms with E-state index in [1.165, 1.54) is 5.56 Å². The van der Waals surface area contributed by atoms with Crippen LogP contribution in [0.15, 0.2) is 89.9 Å². The van der Waals surface area contributed by atoms with E-state index in [0.29, 0.717) is 11.8 Å². The predicted octanol–water partition coefficient (Wildman–Crippen LogP) is 5.71. The number of nitrogens with zero attached hydrogens (tertiary/aromatic N) is 2. The minimum absolute atomic E-state index is 0.512. The molecule has 0 amide bonds. The molecule has 3 aromatic carbocycles. The van der Waals surface area contributed by atoms with Gasteiger partial charge in [0, 0.05) is 11.1 Å². The largest absolute Gasteiger partial charge is 0.416 e. The Bertz CT molecular complexity index is 984. The third-order valence-electron chi connectivity index (χ3n) is 4.06. The van der Waals surface area contributed by atoms with Crippen molar-refractivity contribution in [3.63, 3.8) is 0 Å². The second-order valence-electron chi connectivity index (χ2n) is 5.68. The summed E-state index contributed by atoms with van der Waals surface area (Å²) in [5, 5.41) is 8.33. The number of rotatable bonds is 4. The molecule has 0 aliphatic carbocycles. The van der Waals surface area contributed by atoms with E-state index < -0.39 is 0 Å². The Morgan fingerprint density at radius 1 is 0.600 bits per heavy atom. The van der Waals surface area contributed by atoms with E-state index in [-0.39, 0.29) is 0 Å². The lowest BCUT2D eigenvalue weighted by Gasteiger charge is -2.02. The fourth-order valence-electron chi connectivity index (χ4n) is 2.65. The Balaban J connectivity index is 1.60. The molecule has 3 nitrogen and oxygen atoms in total. The lowest BCUT2D eigenvalue weighted by molar-refractivity contribution is 0.584. The summed E-state index contributed by atoms with van der Waals surface area (Å²) in [4.78, 5) is 0. The van der Waals surface area contributed by atoms with E-state index in [0.717, 1.165) is 22.3 Å². The molecule has 0 aliphatic heterocycles. The van der Waals surface area contributed by atoms with E-state index in [1.54, 1.807) is 6.08 Å². The molecular weight excluding hydrogens is 308 g/mol. The van der Waals surface area contributed by atoms with Crippen LogP contribution in [-0.2, 0) is 0 Å². The first-order chi connectivity index (χ1) is 12.3. The van der Waals surface area contributed by atoms with E-state index >= 15 is 0 Å². The topological polar surface area (TPSA) is 38.9 Å². The van der Waals surface area contributed by atoms with Crippen molar-refractivity contribution in [3.05, 3.63) is 91.0 Å². The summed E-state index contributed by atoms with van der Waals surface area (Å²) in [6.45, 7) is 3.75. The van der Waals surface area contributed by atoms with Gasteiger partial charge in [-0.15, -0.1) is 10.2 Å². The van der Waals surface area contributed by atoms with E-state index in [2.05, 4.69) is 41.0 Å². The van der Waals surface area contributed by atoms with Gasteiger partial charge in [-0.1, -0.05) is 67.3 Å². The molecule has 0 fully saturated rings. The summed E-state index contributed by atoms with van der Waals surface area (Å²) in [5.74, 6) is 1.03. The van der Waals surface area contributed by atoms with Gasteiger partial charge in [-0.2, -0.15) is 0 Å². The molecule has 0 N–H and O–H groups in total. The van der Waals surface area contributed by atoms with Gasteiger partial charge in [0.1, 0.15) is 0 Å². The van der Waals surface area contributed by atoms with Crippen LogP contribution in [0.4, 0.5) is 0 Å². The fourth-order valence-corrected chi connectivity index (χ4v) is 2.65. The Hall–Kier alpha value is -3.46. The van der Waals surface area contributed by atoms with Crippen LogP contribution in [0.1, 0.15) is 5.56 Å². The standard InChI is InChI=1S/C22H16N2O/c1-2-16-8-10-19(11-9-16)21-23-24-22(25-21)20-14-12-18(13-15-20)17-6-4-3-5-7-17/h2-15H,1H2. The van der Waals surface area contributed by atoms with Crippen LogP contribution in [0.3, 0.4) is 0 Å². The summed E-state index contributed by atoms with van der Waals surface area (Å²) in [6.07, 6.45) is 1.80. The Morgan fingerprint density at radius 2 is 1.08 bits per heavy atom. The zero-order valence-corrected chi connectivity index (χ0v) is 13.6. The molecule has 1 aromatic heterocycles. The second-order valence-corrected chi connectivity index (χ2v) is 5.68. The third kappa shape index (κ3) is 3.12. The van der Waals surface area contributed by atoms with Crippen molar-refractivity contribution in [2.75, 3.05) is 0 Å². The number of hydrogen-bond acceptors (Lipinski definition) is 3. The van der Waals surface area contributed by atoms with Crippen molar-refractivity contribution in [2.45, 2.75) is 0 Å². The molecule has 0 spiro atoms. The second kappa shape index (κ2) is 6.57. The zero-order chi connectivity index (χ0) is 17.1. The average molecular weight is 324 g/mol. The van der Waals surface area contributed by atoms with Crippen LogP contribution >= 0.6 is 0 Å². The average Bonchev–Trinajstić information content (AvgIpc) is 3.19. The normalized spacial score (nSPS) is 10.6. The van der Waals surface area contributed by atoms with Gasteiger partial charge >= 0.3 is 0 Å². The molecule has 0 radical (unpaired) electrons. The lowest BCUT2D eigenvalue weighted by atomic mass is 10.0. The van der Waals surface area contributed by atoms with Crippen molar-refractivity contribution >= 4 is 6.08 Å². The Kier molecular flexibility index (Phi) is 3.97. The van der Waals surface area contributed by atoms with Gasteiger partial charge in [0.15, 0.2) is 0 Å². The highest BCUT2D eigenvalue weighted by atomic mass is 16.4. The maximum Gasteiger partial charge on any atom is 0.248 e. The van der Waals surface area contributed by atoms with Crippen LogP contribution in [0.2, 0.25) is 0 Å². The number of aromatic nitrogens is 2. The smallest absolute Gasteiger partial charge is 0.248 e. The first-order valence-corrected chi connectivity index (χ1v) is 8.06. The predicted molar refractivity (Wildman–Crippen MR) is 101 cm³/mol. The highest BCUT2D eigenvalue weighted by molar-refractivity contribution is 5.67. The Morgan fingerprint density at radius 3 is 1.64 bits per heavy atom. The Labute approximate surface area is 146 Å². The van der Waals surface area contributed by atoms with Gasteiger partial charge in [0.25, 0.3) is 0 Å². The quantitative estimate of drug-likeness (QED) is 0.482. The summed E-state index contributed by atoms with van der Waals surface area (Å²) < 4.78 is 5.83. The lowest BCUT2D eigenvalue weighted by Crippen LogP contribution is -1.80. The highest BCUT2D eigenvalue weighted by Crippen LogP contribution is 2.26. The summed E-state index contributed by atoms with van der Waals surface area (Å²) in [6, 6.07) is 26.2. The van der Waals surface area contributed by atoms with Crippen LogP contribution in [0.5, 0.6) is 0 Å². The first-order valence-electron chi connectivity index (χ1n) is 8.06. The minimum Gasteiger partial charge on any atom is -0.416 e. The van der Waals surface area contributed by atoms with Gasteiger partial charge in [-0.05, 0) is 41.0 Å². The third-order valence-corrected chi connectivity index (χ3v) is 4.06. The minimum atomic E-state index is 0.512. The van der Waals surface area contributed by atoms with Gasteiger partial charge in [0.2, 0.25) is 11.8 Å². The van der Waals surface area contributed by atoms with Gasteiger partial charge in [0.05, 0.1) is 0 Å². The van der Waals surface area contributed by atoms with Crippen molar-refractivity contribution < 1.29 is 4.42 Å². The summed E-state index contributed by atoms with van der Waals surface area (Å²) >= 11 is 0. The fraction of sp³-hybridized carbons (Fsp3) is 0. The van der Waals surface area contributed by atoms with Crippen LogP contribution in [0.25, 0.3) is 40.1 Å². The molecule has 3 heteroatoms. The molecule has 1 heterocycles. The molecule has 0 saturated carbocycles. The molecule has 4 aromatic rings. The zero-order valence-electron chi connectivity index (χ0n) is 13.6. The molecule has 0 bridgehead atoms. The van der Waals surface area contributed by atoms with Crippen LogP contribution in [0, 0.1) is 0 Å².